The first kappa shape index (κ1) is 13.9. The number of hydrogen-bond donors (Lipinski definition) is 1. The van der Waals surface area contributed by atoms with Crippen molar-refractivity contribution in [2.24, 2.45) is 0 Å². The van der Waals surface area contributed by atoms with Gasteiger partial charge in [0.15, 0.2) is 0 Å². The molecule has 4 heteroatoms. The van der Waals surface area contributed by atoms with Gasteiger partial charge in [-0.25, -0.2) is 0 Å². The molecule has 0 bridgehead atoms. The third kappa shape index (κ3) is 2.74. The van der Waals surface area contributed by atoms with Crippen LogP contribution in [0.4, 0.5) is 0 Å². The van der Waals surface area contributed by atoms with Crippen molar-refractivity contribution in [3.63, 3.8) is 0 Å². The van der Waals surface area contributed by atoms with Crippen LogP contribution in [0.25, 0.3) is 0 Å². The molecule has 1 heterocycles. The van der Waals surface area contributed by atoms with Gasteiger partial charge in [-0.1, -0.05) is 12.2 Å². The molecule has 0 aromatic heterocycles. The number of fused-ring (bicyclic) bond motifs is 1. The van der Waals surface area contributed by atoms with E-state index < -0.39 is 6.10 Å². The molecule has 19 heavy (non-hydrogen) atoms. The topological polar surface area (TPSA) is 41.9 Å². The van der Waals surface area contributed by atoms with Crippen LogP contribution in [-0.2, 0) is 6.54 Å². The molecule has 1 aromatic carbocycles. The van der Waals surface area contributed by atoms with Crippen LogP contribution >= 0.6 is 0 Å². The Morgan fingerprint density at radius 2 is 2.00 bits per heavy atom. The maximum Gasteiger partial charge on any atom is 0.125 e. The molecule has 0 aliphatic carbocycles. The molecule has 1 aliphatic rings. The number of hydrogen-bond acceptors (Lipinski definition) is 4. The molecule has 0 saturated carbocycles. The smallest absolute Gasteiger partial charge is 0.125 e. The average Bonchev–Trinajstić information content (AvgIpc) is 2.36. The van der Waals surface area contributed by atoms with Gasteiger partial charge in [-0.2, -0.15) is 0 Å². The zero-order chi connectivity index (χ0) is 14.0. The molecule has 104 valence electrons. The molecule has 1 N–H and O–H groups in total. The van der Waals surface area contributed by atoms with Crippen LogP contribution < -0.4 is 9.47 Å². The van der Waals surface area contributed by atoms with E-state index in [0.29, 0.717) is 6.54 Å². The summed E-state index contributed by atoms with van der Waals surface area (Å²) >= 11 is 0. The van der Waals surface area contributed by atoms with Gasteiger partial charge in [0.25, 0.3) is 0 Å². The minimum absolute atomic E-state index is 0.562. The number of aliphatic hydroxyl groups is 1. The molecule has 1 unspecified atom stereocenters. The number of methoxy groups -OCH3 is 2. The lowest BCUT2D eigenvalue weighted by atomic mass is 9.95. The number of benzene rings is 1. The second-order valence-electron chi connectivity index (χ2n) is 5.00. The van der Waals surface area contributed by atoms with E-state index in [4.69, 9.17) is 9.47 Å². The molecule has 1 aromatic rings. The summed E-state index contributed by atoms with van der Waals surface area (Å²) in [4.78, 5) is 2.16. The van der Waals surface area contributed by atoms with Crippen LogP contribution in [0.2, 0.25) is 0 Å². The van der Waals surface area contributed by atoms with Gasteiger partial charge in [-0.05, 0) is 19.1 Å². The van der Waals surface area contributed by atoms with E-state index in [1.165, 1.54) is 0 Å². The summed E-state index contributed by atoms with van der Waals surface area (Å²) < 4.78 is 10.7. The fourth-order valence-electron chi connectivity index (χ4n) is 2.65. The first-order valence-corrected chi connectivity index (χ1v) is 6.35. The van der Waals surface area contributed by atoms with Crippen molar-refractivity contribution in [1.29, 1.82) is 0 Å². The Morgan fingerprint density at radius 1 is 1.37 bits per heavy atom. The summed E-state index contributed by atoms with van der Waals surface area (Å²) in [5, 5.41) is 10.4. The van der Waals surface area contributed by atoms with Crippen LogP contribution in [0.5, 0.6) is 11.5 Å². The molecular formula is C15H21NO3. The summed E-state index contributed by atoms with van der Waals surface area (Å²) in [6.07, 6.45) is -0.562. The highest BCUT2D eigenvalue weighted by Gasteiger charge is 2.29. The van der Waals surface area contributed by atoms with Crippen molar-refractivity contribution in [3.8, 4) is 11.5 Å². The fourth-order valence-corrected chi connectivity index (χ4v) is 2.65. The van der Waals surface area contributed by atoms with E-state index in [1.807, 2.05) is 19.1 Å². The third-order valence-electron chi connectivity index (χ3n) is 3.35. The maximum atomic E-state index is 10.4. The molecule has 0 radical (unpaired) electrons. The second-order valence-corrected chi connectivity index (χ2v) is 5.00. The Bertz CT molecular complexity index is 485. The molecule has 0 saturated heterocycles. The zero-order valence-corrected chi connectivity index (χ0v) is 11.8. The zero-order valence-electron chi connectivity index (χ0n) is 11.8. The second kappa shape index (κ2) is 5.63. The monoisotopic (exact) mass is 263 g/mol. The van der Waals surface area contributed by atoms with Gasteiger partial charge >= 0.3 is 0 Å². The van der Waals surface area contributed by atoms with Crippen molar-refractivity contribution < 1.29 is 14.6 Å². The quantitative estimate of drug-likeness (QED) is 0.845. The lowest BCUT2D eigenvalue weighted by molar-refractivity contribution is 0.0939. The maximum absolute atomic E-state index is 10.4. The van der Waals surface area contributed by atoms with Crippen molar-refractivity contribution in [2.45, 2.75) is 19.6 Å². The predicted octanol–water partition coefficient (Wildman–Crippen LogP) is 2.13. The normalized spacial score (nSPS) is 18.8. The molecule has 1 aliphatic heterocycles. The first-order valence-electron chi connectivity index (χ1n) is 6.35. The van der Waals surface area contributed by atoms with Crippen LogP contribution in [0.3, 0.4) is 0 Å². The van der Waals surface area contributed by atoms with Gasteiger partial charge in [-0.3, -0.25) is 4.90 Å². The Hall–Kier alpha value is -1.52. The summed E-state index contributed by atoms with van der Waals surface area (Å²) in [6.45, 7) is 8.02. The lowest BCUT2D eigenvalue weighted by Gasteiger charge is -2.34. The fraction of sp³-hybridized carbons (Fsp3) is 0.467. The van der Waals surface area contributed by atoms with Crippen molar-refractivity contribution in [1.82, 2.24) is 4.90 Å². The highest BCUT2D eigenvalue weighted by atomic mass is 16.5. The molecular weight excluding hydrogens is 242 g/mol. The summed E-state index contributed by atoms with van der Waals surface area (Å²) in [6, 6.07) is 3.73. The van der Waals surface area contributed by atoms with Crippen molar-refractivity contribution in [2.75, 3.05) is 27.3 Å². The Balaban J connectivity index is 2.41. The van der Waals surface area contributed by atoms with Crippen LogP contribution in [-0.4, -0.2) is 37.3 Å². The Labute approximate surface area is 114 Å². The van der Waals surface area contributed by atoms with Crippen LogP contribution in [0.1, 0.15) is 24.2 Å². The number of β-amino-alcohol motifs (C(OH)–C–C–N with tert-alkyl or cyclic N) is 1. The van der Waals surface area contributed by atoms with Crippen molar-refractivity contribution >= 4 is 0 Å². The van der Waals surface area contributed by atoms with E-state index >= 15 is 0 Å². The first-order chi connectivity index (χ1) is 9.06. The molecule has 0 spiro atoms. The largest absolute Gasteiger partial charge is 0.496 e. The summed E-state index contributed by atoms with van der Waals surface area (Å²) in [7, 11) is 3.27. The highest BCUT2D eigenvalue weighted by Crippen LogP contribution is 2.39. The minimum Gasteiger partial charge on any atom is -0.496 e. The molecule has 0 fully saturated rings. The van der Waals surface area contributed by atoms with E-state index in [9.17, 15) is 5.11 Å². The lowest BCUT2D eigenvalue weighted by Crippen LogP contribution is -2.35. The van der Waals surface area contributed by atoms with E-state index in [2.05, 4.69) is 11.5 Å². The van der Waals surface area contributed by atoms with Gasteiger partial charge in [0.1, 0.15) is 11.5 Å². The van der Waals surface area contributed by atoms with Crippen LogP contribution in [0.15, 0.2) is 24.3 Å². The Morgan fingerprint density at radius 3 is 2.58 bits per heavy atom. The molecule has 2 rings (SSSR count). The number of ether oxygens (including phenoxy) is 2. The van der Waals surface area contributed by atoms with Gasteiger partial charge in [0.05, 0.1) is 20.3 Å². The van der Waals surface area contributed by atoms with Gasteiger partial charge in [-0.15, -0.1) is 0 Å². The summed E-state index contributed by atoms with van der Waals surface area (Å²) in [5.74, 6) is 1.51. The van der Waals surface area contributed by atoms with E-state index in [1.54, 1.807) is 14.2 Å². The molecule has 0 amide bonds. The van der Waals surface area contributed by atoms with Gasteiger partial charge < -0.3 is 14.6 Å². The van der Waals surface area contributed by atoms with E-state index in [-0.39, 0.29) is 0 Å². The minimum atomic E-state index is -0.562. The number of rotatable bonds is 4. The molecule has 1 atom stereocenters. The standard InChI is InChI=1S/C15H21NO3/c1-10(2)7-16-8-11-13(18-3)5-6-14(19-4)15(11)12(17)9-16/h5-6,12,17H,1,7-9H2,2-4H3. The Kier molecular flexibility index (Phi) is 4.12. The van der Waals surface area contributed by atoms with Crippen molar-refractivity contribution in [3.05, 3.63) is 35.4 Å². The number of aliphatic hydroxyl groups excluding tert-OH is 1. The van der Waals surface area contributed by atoms with Gasteiger partial charge in [0, 0.05) is 30.8 Å². The number of nitrogens with zero attached hydrogens (tertiary/aromatic N) is 1. The predicted molar refractivity (Wildman–Crippen MR) is 74.6 cm³/mol. The third-order valence-corrected chi connectivity index (χ3v) is 3.35. The molecule has 4 nitrogen and oxygen atoms in total. The van der Waals surface area contributed by atoms with E-state index in [0.717, 1.165) is 41.3 Å². The van der Waals surface area contributed by atoms with Crippen LogP contribution in [0, 0.1) is 0 Å². The SMILES string of the molecule is C=C(C)CN1Cc2c(OC)ccc(OC)c2C(O)C1. The van der Waals surface area contributed by atoms with Gasteiger partial charge in [0.2, 0.25) is 0 Å². The average molecular weight is 263 g/mol. The summed E-state index contributed by atoms with van der Waals surface area (Å²) in [5.41, 5.74) is 2.93. The highest BCUT2D eigenvalue weighted by molar-refractivity contribution is 5.51.